The fourth-order valence-corrected chi connectivity index (χ4v) is 3.91. The minimum Gasteiger partial charge on any atom is -0.493 e. The van der Waals surface area contributed by atoms with Crippen molar-refractivity contribution in [2.75, 3.05) is 6.61 Å². The molecule has 0 aliphatic carbocycles. The lowest BCUT2D eigenvalue weighted by Crippen LogP contribution is -2.21. The van der Waals surface area contributed by atoms with E-state index >= 15 is 0 Å². The zero-order valence-corrected chi connectivity index (χ0v) is 18.6. The smallest absolute Gasteiger partial charge is 0.347 e. The van der Waals surface area contributed by atoms with Crippen LogP contribution in [0.1, 0.15) is 40.7 Å². The highest BCUT2D eigenvalue weighted by Gasteiger charge is 2.32. The van der Waals surface area contributed by atoms with Gasteiger partial charge < -0.3 is 19.9 Å². The normalized spacial score (nSPS) is 14.6. The average Bonchev–Trinajstić information content (AvgIpc) is 2.82. The third-order valence-electron chi connectivity index (χ3n) is 5.19. The fourth-order valence-electron chi connectivity index (χ4n) is 3.66. The number of nitriles is 1. The van der Waals surface area contributed by atoms with E-state index in [0.29, 0.717) is 34.3 Å². The molecule has 6 nitrogen and oxygen atoms in total. The molecule has 166 valence electrons. The Morgan fingerprint density at radius 3 is 2.64 bits per heavy atom. The lowest BCUT2D eigenvalue weighted by molar-refractivity contribution is 0.0730. The topological polar surface area (TPSA) is 94.6 Å². The molecule has 1 unspecified atom stereocenters. The minimum absolute atomic E-state index is 0.0169. The number of nitrogens with zero attached hydrogens (tertiary/aromatic N) is 1. The number of ether oxygens (including phenoxy) is 3. The molecular weight excluding hydrogens is 440 g/mol. The van der Waals surface area contributed by atoms with Crippen molar-refractivity contribution >= 4 is 17.6 Å². The number of para-hydroxylation sites is 1. The van der Waals surface area contributed by atoms with E-state index in [1.165, 1.54) is 0 Å². The summed E-state index contributed by atoms with van der Waals surface area (Å²) in [5.74, 6) is 0.0500. The second-order valence-corrected chi connectivity index (χ2v) is 7.79. The van der Waals surface area contributed by atoms with E-state index in [1.54, 1.807) is 48.5 Å². The van der Waals surface area contributed by atoms with Gasteiger partial charge in [-0.15, -0.1) is 0 Å². The number of hydrogen-bond acceptors (Lipinski definition) is 6. The monoisotopic (exact) mass is 460 g/mol. The molecule has 3 aromatic rings. The molecule has 0 spiro atoms. The fraction of sp³-hybridized carbons (Fsp3) is 0.154. The van der Waals surface area contributed by atoms with Crippen LogP contribution in [0.3, 0.4) is 0 Å². The Labute approximate surface area is 196 Å². The largest absolute Gasteiger partial charge is 0.493 e. The van der Waals surface area contributed by atoms with Crippen molar-refractivity contribution < 1.29 is 19.0 Å². The zero-order valence-electron chi connectivity index (χ0n) is 17.9. The van der Waals surface area contributed by atoms with Crippen LogP contribution in [0.25, 0.3) is 0 Å². The van der Waals surface area contributed by atoms with Gasteiger partial charge in [-0.3, -0.25) is 0 Å². The van der Waals surface area contributed by atoms with E-state index in [0.717, 1.165) is 12.0 Å². The Balaban J connectivity index is 1.67. The highest BCUT2D eigenvalue weighted by atomic mass is 35.5. The van der Waals surface area contributed by atoms with Gasteiger partial charge in [0, 0.05) is 16.7 Å². The maximum atomic E-state index is 12.8. The molecule has 0 saturated carbocycles. The van der Waals surface area contributed by atoms with E-state index in [4.69, 9.17) is 31.5 Å². The highest BCUT2D eigenvalue weighted by Crippen LogP contribution is 2.45. The number of hydrogen-bond donors (Lipinski definition) is 1. The van der Waals surface area contributed by atoms with Crippen LogP contribution in [-0.4, -0.2) is 12.6 Å². The summed E-state index contributed by atoms with van der Waals surface area (Å²) in [6.07, 6.45) is 0.817. The van der Waals surface area contributed by atoms with Crippen LogP contribution in [0.4, 0.5) is 0 Å². The van der Waals surface area contributed by atoms with Gasteiger partial charge in [0.2, 0.25) is 5.88 Å². The summed E-state index contributed by atoms with van der Waals surface area (Å²) in [5, 5.41) is 10.2. The number of carbonyl (C=O) groups is 1. The number of carbonyl (C=O) groups excluding carboxylic acids is 1. The molecule has 0 amide bonds. The summed E-state index contributed by atoms with van der Waals surface area (Å²) in [5.41, 5.74) is 8.07. The van der Waals surface area contributed by atoms with Gasteiger partial charge >= 0.3 is 5.97 Å². The second-order valence-electron chi connectivity index (χ2n) is 7.38. The van der Waals surface area contributed by atoms with Gasteiger partial charge in [-0.05, 0) is 36.2 Å². The van der Waals surface area contributed by atoms with Crippen LogP contribution >= 0.6 is 11.6 Å². The van der Waals surface area contributed by atoms with E-state index in [1.807, 2.05) is 25.1 Å². The summed E-state index contributed by atoms with van der Waals surface area (Å²) in [6, 6.07) is 21.3. The quantitative estimate of drug-likeness (QED) is 0.382. The standard InChI is InChI=1S/C26H21ClN2O4/c1-2-13-31-22-10-6-4-8-19(22)26(30)32-16-11-12-18-23(14-16)33-25(29)20(15-28)24(18)17-7-3-5-9-21(17)27/h3-12,14,24H,2,13,29H2,1H3. The molecule has 3 aromatic carbocycles. The number of benzene rings is 3. The van der Waals surface area contributed by atoms with Crippen LogP contribution in [-0.2, 0) is 0 Å². The van der Waals surface area contributed by atoms with Gasteiger partial charge in [0.1, 0.15) is 34.5 Å². The predicted molar refractivity (Wildman–Crippen MR) is 124 cm³/mol. The molecule has 1 aliphatic heterocycles. The van der Waals surface area contributed by atoms with E-state index in [9.17, 15) is 10.1 Å². The molecule has 1 heterocycles. The van der Waals surface area contributed by atoms with E-state index in [-0.39, 0.29) is 17.2 Å². The van der Waals surface area contributed by atoms with Crippen molar-refractivity contribution in [3.63, 3.8) is 0 Å². The zero-order chi connectivity index (χ0) is 23.4. The summed E-state index contributed by atoms with van der Waals surface area (Å²) in [6.45, 7) is 2.48. The van der Waals surface area contributed by atoms with Crippen LogP contribution in [0.15, 0.2) is 78.2 Å². The lowest BCUT2D eigenvalue weighted by Gasteiger charge is -2.27. The maximum Gasteiger partial charge on any atom is 0.347 e. The SMILES string of the molecule is CCCOc1ccccc1C(=O)Oc1ccc2c(c1)OC(N)=C(C#N)C2c1ccccc1Cl. The van der Waals surface area contributed by atoms with E-state index < -0.39 is 11.9 Å². The van der Waals surface area contributed by atoms with Crippen molar-refractivity contribution in [1.29, 1.82) is 5.26 Å². The first kappa shape index (κ1) is 22.3. The average molecular weight is 461 g/mol. The number of fused-ring (bicyclic) bond motifs is 1. The summed E-state index contributed by atoms with van der Waals surface area (Å²) < 4.78 is 17.0. The number of allylic oxidation sites excluding steroid dienone is 1. The van der Waals surface area contributed by atoms with Gasteiger partial charge in [-0.1, -0.05) is 54.9 Å². The molecule has 0 saturated heterocycles. The molecule has 1 atom stereocenters. The van der Waals surface area contributed by atoms with Crippen molar-refractivity contribution in [2.24, 2.45) is 5.73 Å². The molecule has 0 aromatic heterocycles. The Bertz CT molecular complexity index is 1280. The van der Waals surface area contributed by atoms with Crippen LogP contribution in [0.2, 0.25) is 5.02 Å². The third-order valence-corrected chi connectivity index (χ3v) is 5.53. The third kappa shape index (κ3) is 4.50. The summed E-state index contributed by atoms with van der Waals surface area (Å²) >= 11 is 6.42. The van der Waals surface area contributed by atoms with Gasteiger partial charge in [-0.2, -0.15) is 5.26 Å². The van der Waals surface area contributed by atoms with Crippen LogP contribution < -0.4 is 19.9 Å². The number of esters is 1. The molecule has 7 heteroatoms. The molecule has 1 aliphatic rings. The van der Waals surface area contributed by atoms with Gasteiger partial charge in [-0.25, -0.2) is 4.79 Å². The van der Waals surface area contributed by atoms with Gasteiger partial charge in [0.25, 0.3) is 0 Å². The number of rotatable bonds is 6. The maximum absolute atomic E-state index is 12.8. The van der Waals surface area contributed by atoms with Crippen molar-refractivity contribution in [1.82, 2.24) is 0 Å². The molecule has 0 radical (unpaired) electrons. The molecule has 0 fully saturated rings. The Hall–Kier alpha value is -3.95. The van der Waals surface area contributed by atoms with Crippen molar-refractivity contribution in [2.45, 2.75) is 19.3 Å². The molecule has 2 N–H and O–H groups in total. The summed E-state index contributed by atoms with van der Waals surface area (Å²) in [7, 11) is 0. The first-order chi connectivity index (χ1) is 16.0. The Morgan fingerprint density at radius 1 is 1.12 bits per heavy atom. The molecule has 0 bridgehead atoms. The van der Waals surface area contributed by atoms with Gasteiger partial charge in [0.15, 0.2) is 0 Å². The molecular formula is C26H21ClN2O4. The van der Waals surface area contributed by atoms with E-state index in [2.05, 4.69) is 6.07 Å². The van der Waals surface area contributed by atoms with Crippen LogP contribution in [0.5, 0.6) is 17.2 Å². The Kier molecular flexibility index (Phi) is 6.53. The van der Waals surface area contributed by atoms with Crippen molar-refractivity contribution in [3.8, 4) is 23.3 Å². The molecule has 33 heavy (non-hydrogen) atoms. The minimum atomic E-state index is -0.554. The lowest BCUT2D eigenvalue weighted by atomic mass is 9.83. The first-order valence-electron chi connectivity index (χ1n) is 10.4. The predicted octanol–water partition coefficient (Wildman–Crippen LogP) is 5.57. The number of nitrogens with two attached hydrogens (primary N) is 1. The molecule has 4 rings (SSSR count). The second kappa shape index (κ2) is 9.68. The number of halogens is 1. The van der Waals surface area contributed by atoms with Crippen molar-refractivity contribution in [3.05, 3.63) is 99.9 Å². The summed E-state index contributed by atoms with van der Waals surface area (Å²) in [4.78, 5) is 12.8. The highest BCUT2D eigenvalue weighted by molar-refractivity contribution is 6.31. The first-order valence-corrected chi connectivity index (χ1v) is 10.8. The van der Waals surface area contributed by atoms with Crippen LogP contribution in [0, 0.1) is 11.3 Å². The Morgan fingerprint density at radius 2 is 1.88 bits per heavy atom. The van der Waals surface area contributed by atoms with Gasteiger partial charge in [0.05, 0.1) is 12.5 Å².